The summed E-state index contributed by atoms with van der Waals surface area (Å²) < 4.78 is 4.96. The number of rotatable bonds is 5. The van der Waals surface area contributed by atoms with Crippen molar-refractivity contribution in [3.8, 4) is 51.0 Å². The molecule has 0 unspecified atom stereocenters. The number of pyridine rings is 1. The van der Waals surface area contributed by atoms with Crippen LogP contribution < -0.4 is 0 Å². The number of para-hydroxylation sites is 2. The maximum atomic E-state index is 5.42. The van der Waals surface area contributed by atoms with Crippen LogP contribution in [0.1, 0.15) is 0 Å². The number of benzene rings is 9. The van der Waals surface area contributed by atoms with Crippen LogP contribution in [-0.2, 0) is 0 Å². The Morgan fingerprint density at radius 3 is 1.74 bits per heavy atom. The van der Waals surface area contributed by atoms with Gasteiger partial charge in [0.2, 0.25) is 0 Å². The largest absolute Gasteiger partial charge is 0.309 e. The minimum Gasteiger partial charge on any atom is -0.309 e. The summed E-state index contributed by atoms with van der Waals surface area (Å²) in [4.78, 5) is 20.3. The predicted molar refractivity (Wildman–Crippen MR) is 259 cm³/mol. The van der Waals surface area contributed by atoms with Gasteiger partial charge in [0.1, 0.15) is 0 Å². The summed E-state index contributed by atoms with van der Waals surface area (Å²) >= 11 is 1.86. The molecule has 0 amide bonds. The molecule has 0 N–H and O–H groups in total. The van der Waals surface area contributed by atoms with Crippen molar-refractivity contribution < 1.29 is 0 Å². The van der Waals surface area contributed by atoms with Crippen LogP contribution in [0.5, 0.6) is 0 Å². The van der Waals surface area contributed by atoms with Gasteiger partial charge in [0.05, 0.1) is 22.1 Å². The highest BCUT2D eigenvalue weighted by molar-refractivity contribution is 7.26. The summed E-state index contributed by atoms with van der Waals surface area (Å²) in [7, 11) is 0. The van der Waals surface area contributed by atoms with Gasteiger partial charge in [-0.05, 0) is 77.5 Å². The smallest absolute Gasteiger partial charge is 0.164 e. The van der Waals surface area contributed by atoms with E-state index in [2.05, 4.69) is 144 Å². The molecule has 4 heterocycles. The Kier molecular flexibility index (Phi) is 7.71. The molecule has 0 atom stereocenters. The highest BCUT2D eigenvalue weighted by atomic mass is 32.1. The first-order chi connectivity index (χ1) is 30.7. The minimum atomic E-state index is 0.631. The van der Waals surface area contributed by atoms with Crippen LogP contribution in [0.15, 0.2) is 200 Å². The van der Waals surface area contributed by atoms with Crippen molar-refractivity contribution in [1.29, 1.82) is 0 Å². The van der Waals surface area contributed by atoms with E-state index in [1.165, 1.54) is 47.3 Å². The molecule has 0 fully saturated rings. The third kappa shape index (κ3) is 5.47. The monoisotopic (exact) mass is 807 g/mol. The lowest BCUT2D eigenvalue weighted by atomic mass is 9.93. The van der Waals surface area contributed by atoms with Crippen molar-refractivity contribution >= 4 is 85.9 Å². The molecule has 13 aromatic rings. The normalized spacial score (nSPS) is 11.9. The van der Waals surface area contributed by atoms with Gasteiger partial charge in [0.25, 0.3) is 0 Å². The van der Waals surface area contributed by atoms with Crippen LogP contribution in [0.2, 0.25) is 0 Å². The highest BCUT2D eigenvalue weighted by Crippen LogP contribution is 2.45. The molecule has 0 bridgehead atoms. The molecular formula is C56H33N5S. The molecule has 5 nitrogen and oxygen atoms in total. The average Bonchev–Trinajstić information content (AvgIpc) is 3.88. The molecule has 0 aliphatic carbocycles. The van der Waals surface area contributed by atoms with E-state index in [0.29, 0.717) is 17.5 Å². The van der Waals surface area contributed by atoms with E-state index in [-0.39, 0.29) is 0 Å². The molecule has 9 aromatic carbocycles. The minimum absolute atomic E-state index is 0.631. The summed E-state index contributed by atoms with van der Waals surface area (Å²) in [5.41, 5.74) is 10.5. The third-order valence-electron chi connectivity index (χ3n) is 12.2. The summed E-state index contributed by atoms with van der Waals surface area (Å²) in [6, 6.07) is 71.0. The number of fused-ring (bicyclic) bond motifs is 10. The molecule has 0 aliphatic heterocycles. The maximum Gasteiger partial charge on any atom is 0.164 e. The Hall–Kier alpha value is -8.06. The molecule has 0 spiro atoms. The summed E-state index contributed by atoms with van der Waals surface area (Å²) in [6.07, 6.45) is 0. The van der Waals surface area contributed by atoms with E-state index in [0.717, 1.165) is 60.8 Å². The van der Waals surface area contributed by atoms with E-state index < -0.39 is 0 Å². The molecule has 0 saturated carbocycles. The third-order valence-corrected chi connectivity index (χ3v) is 13.4. The fourth-order valence-electron chi connectivity index (χ4n) is 9.27. The molecule has 0 radical (unpaired) electrons. The molecule has 4 aromatic heterocycles. The van der Waals surface area contributed by atoms with Gasteiger partial charge in [-0.15, -0.1) is 11.3 Å². The number of hydrogen-bond acceptors (Lipinski definition) is 5. The van der Waals surface area contributed by atoms with Gasteiger partial charge < -0.3 is 4.57 Å². The van der Waals surface area contributed by atoms with Gasteiger partial charge in [0.15, 0.2) is 17.5 Å². The van der Waals surface area contributed by atoms with Crippen LogP contribution in [0.25, 0.3) is 126 Å². The van der Waals surface area contributed by atoms with Gasteiger partial charge >= 0.3 is 0 Å². The zero-order valence-corrected chi connectivity index (χ0v) is 34.0. The van der Waals surface area contributed by atoms with Crippen LogP contribution in [0.3, 0.4) is 0 Å². The summed E-state index contributed by atoms with van der Waals surface area (Å²) in [5, 5.41) is 9.61. The van der Waals surface area contributed by atoms with Gasteiger partial charge in [-0.1, -0.05) is 133 Å². The van der Waals surface area contributed by atoms with Gasteiger partial charge in [-0.3, -0.25) is 0 Å². The fraction of sp³-hybridized carbons (Fsp3) is 0. The number of thiophene rings is 1. The molecule has 288 valence electrons. The Labute approximate surface area is 359 Å². The fourth-order valence-corrected chi connectivity index (χ4v) is 10.5. The highest BCUT2D eigenvalue weighted by Gasteiger charge is 2.20. The van der Waals surface area contributed by atoms with E-state index in [1.807, 2.05) is 72.0 Å². The Bertz CT molecular complexity index is 3850. The topological polar surface area (TPSA) is 56.5 Å². The average molecular weight is 808 g/mol. The maximum absolute atomic E-state index is 5.42. The predicted octanol–water partition coefficient (Wildman–Crippen LogP) is 14.9. The van der Waals surface area contributed by atoms with Crippen LogP contribution >= 0.6 is 11.3 Å². The van der Waals surface area contributed by atoms with Crippen LogP contribution in [0, 0.1) is 0 Å². The first-order valence-electron chi connectivity index (χ1n) is 20.8. The lowest BCUT2D eigenvalue weighted by molar-refractivity contribution is 1.07. The van der Waals surface area contributed by atoms with E-state index >= 15 is 0 Å². The molecule has 6 heteroatoms. The summed E-state index contributed by atoms with van der Waals surface area (Å²) in [6.45, 7) is 0. The Morgan fingerprint density at radius 1 is 0.355 bits per heavy atom. The van der Waals surface area contributed by atoms with Crippen molar-refractivity contribution in [2.45, 2.75) is 0 Å². The Morgan fingerprint density at radius 2 is 0.984 bits per heavy atom. The van der Waals surface area contributed by atoms with Crippen molar-refractivity contribution in [3.63, 3.8) is 0 Å². The van der Waals surface area contributed by atoms with Crippen molar-refractivity contribution in [2.24, 2.45) is 0 Å². The molecule has 0 saturated heterocycles. The van der Waals surface area contributed by atoms with Crippen molar-refractivity contribution in [2.75, 3.05) is 0 Å². The van der Waals surface area contributed by atoms with Gasteiger partial charge in [-0.25, -0.2) is 19.9 Å². The standard InChI is InChI=1S/C56H33N5S/c1-3-14-34(15-4-1)54-58-55(35-16-5-2-6-17-35)60-56(59-54)36-26-28-39(29-27-36)61-49-24-11-8-19-40(49)45-33-44-38(32-50(45)61)31-46(52-47(44)30-37-18-7-10-23-48(37)57-52)43-22-13-21-42-41-20-9-12-25-51(41)62-53(42)43/h1-33H. The van der Waals surface area contributed by atoms with Gasteiger partial charge in [0, 0.05) is 75.2 Å². The lowest BCUT2D eigenvalue weighted by Gasteiger charge is -2.14. The quantitative estimate of drug-likeness (QED) is 0.128. The zero-order chi connectivity index (χ0) is 40.7. The molecule has 0 aliphatic rings. The second-order valence-electron chi connectivity index (χ2n) is 15.8. The zero-order valence-electron chi connectivity index (χ0n) is 33.2. The molecule has 13 rings (SSSR count). The van der Waals surface area contributed by atoms with E-state index in [9.17, 15) is 0 Å². The lowest BCUT2D eigenvalue weighted by Crippen LogP contribution is -2.00. The second-order valence-corrected chi connectivity index (χ2v) is 16.9. The van der Waals surface area contributed by atoms with Crippen LogP contribution in [-0.4, -0.2) is 24.5 Å². The Balaban J connectivity index is 1.03. The summed E-state index contributed by atoms with van der Waals surface area (Å²) in [5.74, 6) is 1.92. The second kappa shape index (κ2) is 13.7. The van der Waals surface area contributed by atoms with Crippen LogP contribution in [0.4, 0.5) is 0 Å². The van der Waals surface area contributed by atoms with Gasteiger partial charge in [-0.2, -0.15) is 0 Å². The number of aromatic nitrogens is 5. The SMILES string of the molecule is c1ccc(-c2nc(-c3ccccc3)nc(-c3ccc(-n4c5ccccc5c5cc6c(cc(-c7cccc8c7sc7ccccc78)c7nc8ccccc8cc76)cc54)cc3)n2)cc1. The first-order valence-corrected chi connectivity index (χ1v) is 21.6. The number of hydrogen-bond donors (Lipinski definition) is 0. The van der Waals surface area contributed by atoms with Crippen molar-refractivity contribution in [1.82, 2.24) is 24.5 Å². The first kappa shape index (κ1) is 34.8. The number of nitrogens with zero attached hydrogens (tertiary/aromatic N) is 5. The van der Waals surface area contributed by atoms with Crippen molar-refractivity contribution in [3.05, 3.63) is 200 Å². The van der Waals surface area contributed by atoms with E-state index in [4.69, 9.17) is 19.9 Å². The van der Waals surface area contributed by atoms with E-state index in [1.54, 1.807) is 0 Å². The molecule has 62 heavy (non-hydrogen) atoms. The molecular weight excluding hydrogens is 775 g/mol.